The molecule has 0 fully saturated rings. The summed E-state index contributed by atoms with van der Waals surface area (Å²) >= 11 is 0. The molecule has 1 N–H and O–H groups in total. The second-order valence-electron chi connectivity index (χ2n) is 4.12. The number of aryl methyl sites for hydroxylation is 1. The van der Waals surface area contributed by atoms with Crippen molar-refractivity contribution in [2.24, 2.45) is 7.05 Å². The number of nitrogens with zero attached hydrogens (tertiary/aromatic N) is 3. The molecule has 0 radical (unpaired) electrons. The van der Waals surface area contributed by atoms with Crippen LogP contribution < -0.4 is 5.32 Å². The first-order valence-corrected chi connectivity index (χ1v) is 6.08. The van der Waals surface area contributed by atoms with Gasteiger partial charge in [-0.1, -0.05) is 0 Å². The molecule has 96 valence electrons. The maximum atomic E-state index is 11.8. The minimum atomic E-state index is 0.142. The smallest absolute Gasteiger partial charge is 0.236 e. The van der Waals surface area contributed by atoms with Crippen LogP contribution in [0.4, 0.5) is 0 Å². The first-order valence-electron chi connectivity index (χ1n) is 6.08. The quantitative estimate of drug-likeness (QED) is 0.802. The summed E-state index contributed by atoms with van der Waals surface area (Å²) in [5.41, 5.74) is 1.10. The highest BCUT2D eigenvalue weighted by atomic mass is 16.2. The van der Waals surface area contributed by atoms with Gasteiger partial charge in [-0.25, -0.2) is 0 Å². The third kappa shape index (κ3) is 3.85. The largest absolute Gasteiger partial charge is 0.342 e. The molecular formula is C12H22N4O. The zero-order chi connectivity index (χ0) is 12.8. The molecule has 5 nitrogen and oxygen atoms in total. The van der Waals surface area contributed by atoms with Gasteiger partial charge < -0.3 is 10.2 Å². The van der Waals surface area contributed by atoms with Gasteiger partial charge in [0.05, 0.1) is 12.7 Å². The Labute approximate surface area is 103 Å². The minimum absolute atomic E-state index is 0.142. The number of amides is 1. The van der Waals surface area contributed by atoms with Crippen molar-refractivity contribution in [3.63, 3.8) is 0 Å². The Bertz CT molecular complexity index is 357. The number of rotatable bonds is 6. The molecule has 0 spiro atoms. The fraction of sp³-hybridized carbons (Fsp3) is 0.667. The molecule has 1 heterocycles. The summed E-state index contributed by atoms with van der Waals surface area (Å²) in [6.07, 6.45) is 3.78. The lowest BCUT2D eigenvalue weighted by Crippen LogP contribution is -2.38. The molecule has 0 aromatic carbocycles. The fourth-order valence-corrected chi connectivity index (χ4v) is 1.71. The van der Waals surface area contributed by atoms with E-state index >= 15 is 0 Å². The summed E-state index contributed by atoms with van der Waals surface area (Å²) in [4.78, 5) is 13.6. The van der Waals surface area contributed by atoms with Gasteiger partial charge in [-0.15, -0.1) is 0 Å². The van der Waals surface area contributed by atoms with Gasteiger partial charge in [0.15, 0.2) is 0 Å². The van der Waals surface area contributed by atoms with Crippen LogP contribution in [-0.4, -0.2) is 40.2 Å². The lowest BCUT2D eigenvalue weighted by atomic mass is 10.2. The summed E-state index contributed by atoms with van der Waals surface area (Å²) in [6, 6.07) is 0.142. The maximum Gasteiger partial charge on any atom is 0.236 e. The Morgan fingerprint density at radius 1 is 1.53 bits per heavy atom. The van der Waals surface area contributed by atoms with Crippen LogP contribution >= 0.6 is 0 Å². The van der Waals surface area contributed by atoms with Crippen molar-refractivity contribution < 1.29 is 4.79 Å². The molecule has 0 bridgehead atoms. The number of likely N-dealkylation sites (N-methyl/N-ethyl adjacent to an activating group) is 1. The van der Waals surface area contributed by atoms with Gasteiger partial charge >= 0.3 is 0 Å². The molecule has 0 aliphatic heterocycles. The second-order valence-corrected chi connectivity index (χ2v) is 4.12. The van der Waals surface area contributed by atoms with Gasteiger partial charge in [0.25, 0.3) is 0 Å². The average molecular weight is 238 g/mol. The molecule has 0 saturated carbocycles. The van der Waals surface area contributed by atoms with E-state index in [0.717, 1.165) is 18.7 Å². The number of nitrogens with one attached hydrogen (secondary N) is 1. The standard InChI is InChI=1S/C12H22N4O/c1-5-16(6-2)12(17)8-13-10(3)11-7-14-15(4)9-11/h7,9-10,13H,5-6,8H2,1-4H3. The lowest BCUT2D eigenvalue weighted by molar-refractivity contribution is -0.129. The molecule has 1 aromatic rings. The van der Waals surface area contributed by atoms with Crippen molar-refractivity contribution in [1.29, 1.82) is 0 Å². The van der Waals surface area contributed by atoms with Crippen molar-refractivity contribution in [2.45, 2.75) is 26.8 Å². The molecule has 1 aromatic heterocycles. The van der Waals surface area contributed by atoms with Gasteiger partial charge in [-0.05, 0) is 20.8 Å². The molecule has 0 aliphatic carbocycles. The first-order chi connectivity index (χ1) is 8.08. The zero-order valence-corrected chi connectivity index (χ0v) is 11.1. The molecule has 0 saturated heterocycles. The summed E-state index contributed by atoms with van der Waals surface area (Å²) < 4.78 is 1.76. The fourth-order valence-electron chi connectivity index (χ4n) is 1.71. The van der Waals surface area contributed by atoms with E-state index in [-0.39, 0.29) is 11.9 Å². The molecule has 17 heavy (non-hydrogen) atoms. The van der Waals surface area contributed by atoms with E-state index in [1.807, 2.05) is 45.1 Å². The summed E-state index contributed by atoms with van der Waals surface area (Å²) in [5.74, 6) is 0.144. The van der Waals surface area contributed by atoms with Gasteiger partial charge in [0.2, 0.25) is 5.91 Å². The van der Waals surface area contributed by atoms with Crippen molar-refractivity contribution in [1.82, 2.24) is 20.0 Å². The molecule has 1 amide bonds. The Balaban J connectivity index is 2.43. The molecule has 1 atom stereocenters. The van der Waals surface area contributed by atoms with Crippen LogP contribution in [0.15, 0.2) is 12.4 Å². The number of hydrogen-bond donors (Lipinski definition) is 1. The van der Waals surface area contributed by atoms with Crippen molar-refractivity contribution in [2.75, 3.05) is 19.6 Å². The van der Waals surface area contributed by atoms with Gasteiger partial charge in [0, 0.05) is 37.9 Å². The van der Waals surface area contributed by atoms with Crippen LogP contribution in [-0.2, 0) is 11.8 Å². The maximum absolute atomic E-state index is 11.8. The van der Waals surface area contributed by atoms with E-state index in [9.17, 15) is 4.79 Å². The van der Waals surface area contributed by atoms with E-state index in [2.05, 4.69) is 10.4 Å². The van der Waals surface area contributed by atoms with E-state index in [0.29, 0.717) is 6.54 Å². The van der Waals surface area contributed by atoms with Crippen LogP contribution in [0.3, 0.4) is 0 Å². The Morgan fingerprint density at radius 3 is 2.65 bits per heavy atom. The van der Waals surface area contributed by atoms with Crippen molar-refractivity contribution >= 4 is 5.91 Å². The van der Waals surface area contributed by atoms with Crippen molar-refractivity contribution in [3.05, 3.63) is 18.0 Å². The second kappa shape index (κ2) is 6.39. The normalized spacial score (nSPS) is 12.5. The third-order valence-corrected chi connectivity index (χ3v) is 2.90. The number of hydrogen-bond acceptors (Lipinski definition) is 3. The Morgan fingerprint density at radius 2 is 2.18 bits per heavy atom. The van der Waals surface area contributed by atoms with Crippen LogP contribution in [0.5, 0.6) is 0 Å². The average Bonchev–Trinajstić information content (AvgIpc) is 2.74. The van der Waals surface area contributed by atoms with Crippen LogP contribution in [0.2, 0.25) is 0 Å². The SMILES string of the molecule is CCN(CC)C(=O)CNC(C)c1cnn(C)c1. The third-order valence-electron chi connectivity index (χ3n) is 2.90. The van der Waals surface area contributed by atoms with E-state index in [1.54, 1.807) is 4.68 Å². The molecule has 5 heteroatoms. The summed E-state index contributed by atoms with van der Waals surface area (Å²) in [5, 5.41) is 7.33. The van der Waals surface area contributed by atoms with Crippen LogP contribution in [0.1, 0.15) is 32.4 Å². The van der Waals surface area contributed by atoms with E-state index in [4.69, 9.17) is 0 Å². The minimum Gasteiger partial charge on any atom is -0.342 e. The Kier molecular flexibility index (Phi) is 5.15. The summed E-state index contributed by atoms with van der Waals surface area (Å²) in [6.45, 7) is 7.92. The van der Waals surface area contributed by atoms with Gasteiger partial charge in [-0.2, -0.15) is 5.10 Å². The lowest BCUT2D eigenvalue weighted by Gasteiger charge is -2.20. The molecular weight excluding hydrogens is 216 g/mol. The molecule has 1 unspecified atom stereocenters. The number of carbonyl (C=O) groups is 1. The highest BCUT2D eigenvalue weighted by Gasteiger charge is 2.12. The summed E-state index contributed by atoms with van der Waals surface area (Å²) in [7, 11) is 1.89. The monoisotopic (exact) mass is 238 g/mol. The van der Waals surface area contributed by atoms with E-state index < -0.39 is 0 Å². The van der Waals surface area contributed by atoms with Crippen LogP contribution in [0, 0.1) is 0 Å². The van der Waals surface area contributed by atoms with Gasteiger partial charge in [-0.3, -0.25) is 9.48 Å². The topological polar surface area (TPSA) is 50.2 Å². The highest BCUT2D eigenvalue weighted by molar-refractivity contribution is 5.78. The van der Waals surface area contributed by atoms with Crippen LogP contribution in [0.25, 0.3) is 0 Å². The Hall–Kier alpha value is -1.36. The zero-order valence-electron chi connectivity index (χ0n) is 11.1. The highest BCUT2D eigenvalue weighted by Crippen LogP contribution is 2.09. The van der Waals surface area contributed by atoms with Crippen molar-refractivity contribution in [3.8, 4) is 0 Å². The van der Waals surface area contributed by atoms with Gasteiger partial charge in [0.1, 0.15) is 0 Å². The number of aromatic nitrogens is 2. The predicted molar refractivity (Wildman–Crippen MR) is 67.6 cm³/mol. The predicted octanol–water partition coefficient (Wildman–Crippen LogP) is 0.939. The first kappa shape index (κ1) is 13.7. The van der Waals surface area contributed by atoms with E-state index in [1.165, 1.54) is 0 Å². The number of carbonyl (C=O) groups excluding carboxylic acids is 1. The molecule has 0 aliphatic rings. The molecule has 1 rings (SSSR count).